The van der Waals surface area contributed by atoms with Crippen LogP contribution in [0.4, 0.5) is 38.1 Å². The van der Waals surface area contributed by atoms with E-state index in [1.165, 1.54) is 24.0 Å². The van der Waals surface area contributed by atoms with Crippen LogP contribution in [-0.2, 0) is 20.9 Å². The first-order chi connectivity index (χ1) is 20.4. The van der Waals surface area contributed by atoms with E-state index in [0.717, 1.165) is 12.8 Å². The van der Waals surface area contributed by atoms with Crippen LogP contribution in [-0.4, -0.2) is 103 Å². The number of carboxylic acid groups (broad SMARTS) is 2. The summed E-state index contributed by atoms with van der Waals surface area (Å²) in [5, 5.41) is 50.7. The summed E-state index contributed by atoms with van der Waals surface area (Å²) in [4.78, 5) is 32.3. The van der Waals surface area contributed by atoms with E-state index in [0.29, 0.717) is 29.7 Å². The van der Waals surface area contributed by atoms with Gasteiger partial charge in [0.2, 0.25) is 11.8 Å². The highest BCUT2D eigenvalue weighted by Gasteiger charge is 2.47. The number of aliphatic hydroxyl groups excluding tert-OH is 2. The average Bonchev–Trinajstić information content (AvgIpc) is 3.73. The van der Waals surface area contributed by atoms with Crippen LogP contribution in [0.25, 0.3) is 11.2 Å². The third kappa shape index (κ3) is 8.16. The van der Waals surface area contributed by atoms with Gasteiger partial charge in [-0.2, -0.15) is 41.1 Å². The maximum atomic E-state index is 10.7. The molecule has 0 radical (unpaired) electrons. The lowest BCUT2D eigenvalue weighted by atomic mass is 10.1. The number of halogens is 6. The van der Waals surface area contributed by atoms with E-state index >= 15 is 0 Å². The average molecular weight is 644 g/mol. The van der Waals surface area contributed by atoms with Crippen LogP contribution in [0.5, 0.6) is 0 Å². The number of aromatic nitrogens is 8. The second kappa shape index (κ2) is 13.5. The molecule has 0 bridgehead atoms. The highest BCUT2D eigenvalue weighted by molar-refractivity contribution is 5.83. The monoisotopic (exact) mass is 644 g/mol. The third-order valence-corrected chi connectivity index (χ3v) is 6.14. The minimum absolute atomic E-state index is 0.202. The largest absolute Gasteiger partial charge is 0.490 e. The number of tetrazole rings is 1. The Hall–Kier alpha value is -4.38. The molecule has 2 aliphatic rings. The fraction of sp³-hybridized carbons (Fsp3) is 0.619. The van der Waals surface area contributed by atoms with Gasteiger partial charge in [-0.25, -0.2) is 14.6 Å². The van der Waals surface area contributed by atoms with Crippen molar-refractivity contribution in [3.63, 3.8) is 0 Å². The summed E-state index contributed by atoms with van der Waals surface area (Å²) < 4.78 is 70.9. The molecule has 17 nitrogen and oxygen atoms in total. The first-order valence-corrected chi connectivity index (χ1v) is 12.6. The Bertz CT molecular complexity index is 1420. The molecule has 1 saturated carbocycles. The zero-order valence-electron chi connectivity index (χ0n) is 22.4. The lowest BCUT2D eigenvalue weighted by Gasteiger charge is -2.17. The summed E-state index contributed by atoms with van der Waals surface area (Å²) in [6, 6.07) is 0.310. The summed E-state index contributed by atoms with van der Waals surface area (Å²) >= 11 is 0. The van der Waals surface area contributed by atoms with Gasteiger partial charge < -0.3 is 36.2 Å². The van der Waals surface area contributed by atoms with Crippen molar-refractivity contribution in [3.8, 4) is 0 Å². The molecule has 5 rings (SSSR count). The normalized spacial score (nSPS) is 22.2. The van der Waals surface area contributed by atoms with Crippen LogP contribution in [0.3, 0.4) is 0 Å². The molecule has 4 heterocycles. The second-order valence-corrected chi connectivity index (χ2v) is 9.25. The number of aliphatic carboxylic acids is 2. The molecule has 44 heavy (non-hydrogen) atoms. The summed E-state index contributed by atoms with van der Waals surface area (Å²) in [6.07, 6.45) is -8.60. The Balaban J connectivity index is 0.000000317. The number of carboxylic acids is 2. The van der Waals surface area contributed by atoms with Gasteiger partial charge in [-0.3, -0.25) is 4.57 Å². The fourth-order valence-corrected chi connectivity index (χ4v) is 4.05. The Labute approximate surface area is 241 Å². The molecule has 1 aliphatic heterocycles. The number of hydrogen-bond donors (Lipinski definition) is 6. The van der Waals surface area contributed by atoms with E-state index in [2.05, 4.69) is 35.7 Å². The smallest absolute Gasteiger partial charge is 0.475 e. The summed E-state index contributed by atoms with van der Waals surface area (Å²) in [5.41, 5.74) is 6.90. The van der Waals surface area contributed by atoms with E-state index in [1.807, 2.05) is 6.92 Å². The minimum Gasteiger partial charge on any atom is -0.475 e. The van der Waals surface area contributed by atoms with E-state index < -0.39 is 48.8 Å². The molecule has 0 amide bonds. The number of nitrogens with two attached hydrogens (primary N) is 1. The van der Waals surface area contributed by atoms with Gasteiger partial charge in [0.1, 0.15) is 17.7 Å². The molecule has 0 unspecified atom stereocenters. The fourth-order valence-electron chi connectivity index (χ4n) is 4.05. The number of ether oxygens (including phenoxy) is 1. The zero-order chi connectivity index (χ0) is 33.0. The number of alkyl halides is 6. The van der Waals surface area contributed by atoms with Gasteiger partial charge in [-0.05, 0) is 25.0 Å². The Morgan fingerprint density at radius 2 is 1.61 bits per heavy atom. The number of anilines is 2. The van der Waals surface area contributed by atoms with Gasteiger partial charge in [-0.15, -0.1) is 10.2 Å². The van der Waals surface area contributed by atoms with E-state index in [-0.39, 0.29) is 11.6 Å². The number of hydrogen-bond acceptors (Lipinski definition) is 13. The number of nitrogen functional groups attached to an aromatic ring is 1. The lowest BCUT2D eigenvalue weighted by Crippen LogP contribution is -2.29. The van der Waals surface area contributed by atoms with Crippen LogP contribution in [0, 0.1) is 0 Å². The van der Waals surface area contributed by atoms with Crippen molar-refractivity contribution in [1.82, 2.24) is 39.7 Å². The summed E-state index contributed by atoms with van der Waals surface area (Å²) in [6.45, 7) is 2.40. The van der Waals surface area contributed by atoms with Crippen molar-refractivity contribution >= 4 is 34.9 Å². The highest BCUT2D eigenvalue weighted by Crippen LogP contribution is 2.39. The number of imidazole rings is 1. The van der Waals surface area contributed by atoms with Gasteiger partial charge in [0.05, 0.1) is 12.9 Å². The first-order valence-electron chi connectivity index (χ1n) is 12.6. The molecular formula is C21H26F6N10O7. The number of aliphatic hydroxyl groups is 2. The van der Waals surface area contributed by atoms with E-state index in [9.17, 15) is 36.6 Å². The Kier molecular flexibility index (Phi) is 10.5. The topological polar surface area (TPSA) is 250 Å². The molecule has 3 aromatic rings. The molecule has 4 atom stereocenters. The molecule has 0 aromatic carbocycles. The number of fused-ring (bicyclic) bond motifs is 1. The molecular weight excluding hydrogens is 618 g/mol. The van der Waals surface area contributed by atoms with Gasteiger partial charge >= 0.3 is 24.3 Å². The molecule has 244 valence electrons. The van der Waals surface area contributed by atoms with Crippen LogP contribution in [0.15, 0.2) is 6.33 Å². The van der Waals surface area contributed by atoms with Crippen molar-refractivity contribution in [2.75, 3.05) is 11.1 Å². The predicted octanol–water partition coefficient (Wildman–Crippen LogP) is 1.03. The lowest BCUT2D eigenvalue weighted by molar-refractivity contribution is -0.193. The Morgan fingerprint density at radius 1 is 1.05 bits per heavy atom. The van der Waals surface area contributed by atoms with Gasteiger partial charge in [0, 0.05) is 6.04 Å². The predicted molar refractivity (Wildman–Crippen MR) is 131 cm³/mol. The van der Waals surface area contributed by atoms with Gasteiger partial charge in [0.25, 0.3) is 0 Å². The molecule has 1 saturated heterocycles. The van der Waals surface area contributed by atoms with Crippen LogP contribution in [0.2, 0.25) is 0 Å². The van der Waals surface area contributed by atoms with Gasteiger partial charge in [-0.1, -0.05) is 12.8 Å². The molecule has 23 heteroatoms. The number of nitrogens with zero attached hydrogens (tertiary/aromatic N) is 8. The van der Waals surface area contributed by atoms with Crippen molar-refractivity contribution in [1.29, 1.82) is 0 Å². The summed E-state index contributed by atoms with van der Waals surface area (Å²) in [5.74, 6) is -4.67. The van der Waals surface area contributed by atoms with E-state index in [4.69, 9.17) is 30.3 Å². The van der Waals surface area contributed by atoms with Gasteiger partial charge in [0.15, 0.2) is 23.8 Å². The maximum Gasteiger partial charge on any atom is 0.490 e. The molecule has 0 spiro atoms. The molecule has 2 fully saturated rings. The van der Waals surface area contributed by atoms with E-state index in [1.54, 1.807) is 4.57 Å². The van der Waals surface area contributed by atoms with Crippen LogP contribution in [0.1, 0.15) is 50.8 Å². The Morgan fingerprint density at radius 3 is 2.11 bits per heavy atom. The zero-order valence-corrected chi connectivity index (χ0v) is 22.4. The molecule has 7 N–H and O–H groups in total. The number of aryl methyl sites for hydroxylation is 1. The summed E-state index contributed by atoms with van der Waals surface area (Å²) in [7, 11) is 0. The van der Waals surface area contributed by atoms with Crippen molar-refractivity contribution in [2.45, 2.75) is 82.1 Å². The second-order valence-electron chi connectivity index (χ2n) is 9.25. The van der Waals surface area contributed by atoms with Crippen LogP contribution < -0.4 is 11.1 Å². The quantitative estimate of drug-likeness (QED) is 0.212. The van der Waals surface area contributed by atoms with Crippen LogP contribution >= 0.6 is 0 Å². The van der Waals surface area contributed by atoms with Crippen molar-refractivity contribution in [3.05, 3.63) is 12.2 Å². The van der Waals surface area contributed by atoms with Crippen molar-refractivity contribution < 1.29 is 61.1 Å². The first kappa shape index (κ1) is 34.1. The third-order valence-electron chi connectivity index (χ3n) is 6.14. The molecule has 1 aliphatic carbocycles. The van der Waals surface area contributed by atoms with Crippen molar-refractivity contribution in [2.24, 2.45) is 0 Å². The standard InChI is InChI=1S/C17H24N10O3.2C2HF3O2/c1-2-27-24-14(23-25-27)12-10(28)11(29)16(30-12)26-7-19-9-13(18)21-17(22-15(9)26)20-8-5-3-4-6-8;2*3-2(4,5)1(6)7/h7-8,10-12,16,28-29H,2-6H2,1H3,(H3,18,20,21,22);2*(H,6,7)/t10-,11+,12-,16+;;/m0../s1. The molecule has 3 aromatic heterocycles. The number of nitrogens with one attached hydrogen (secondary N) is 1. The maximum absolute atomic E-state index is 10.7. The highest BCUT2D eigenvalue weighted by atomic mass is 19.4. The number of carbonyl (C=O) groups is 2. The number of rotatable bonds is 5. The minimum atomic E-state index is -5.08. The SMILES string of the molecule is CCn1nnc([C@H]2O[C@@H](n3cnc4c(N)nc(NC5CCCC5)nc43)[C@H](O)[C@@H]2O)n1.O=C(O)C(F)(F)F.O=C(O)C(F)(F)F.